The molecule has 0 aromatic heterocycles. The van der Waals surface area contributed by atoms with Gasteiger partial charge >= 0.3 is 0 Å². The summed E-state index contributed by atoms with van der Waals surface area (Å²) in [7, 11) is -0.209. The van der Waals surface area contributed by atoms with Crippen molar-refractivity contribution in [3.8, 4) is 11.5 Å². The number of rotatable bonds is 7. The number of nitrogens with two attached hydrogens (primary N) is 1. The van der Waals surface area contributed by atoms with E-state index in [9.17, 15) is 13.2 Å². The smallest absolute Gasteiger partial charge is 0.253 e. The van der Waals surface area contributed by atoms with Gasteiger partial charge < -0.3 is 20.5 Å². The van der Waals surface area contributed by atoms with Crippen molar-refractivity contribution in [3.05, 3.63) is 17.7 Å². The molecule has 0 aliphatic carbocycles. The van der Waals surface area contributed by atoms with Gasteiger partial charge in [-0.3, -0.25) is 4.79 Å². The van der Waals surface area contributed by atoms with Gasteiger partial charge in [0, 0.05) is 24.1 Å². The van der Waals surface area contributed by atoms with Crippen LogP contribution in [0, 0.1) is 0 Å². The predicted octanol–water partition coefficient (Wildman–Crippen LogP) is 0.451. The van der Waals surface area contributed by atoms with Crippen LogP contribution in [0.15, 0.2) is 12.1 Å². The number of carbonyl (C=O) groups is 1. The van der Waals surface area contributed by atoms with Crippen LogP contribution < -0.4 is 20.5 Å². The maximum absolute atomic E-state index is 12.0. The molecule has 3 N–H and O–H groups in total. The average Bonchev–Trinajstić information content (AvgIpc) is 2.46. The van der Waals surface area contributed by atoms with Gasteiger partial charge in [0.25, 0.3) is 5.91 Å². The average molecular weight is 316 g/mol. The fourth-order valence-corrected chi connectivity index (χ4v) is 2.35. The Bertz CT molecular complexity index is 613. The van der Waals surface area contributed by atoms with Crippen LogP contribution in [0.5, 0.6) is 11.5 Å². The molecule has 1 aromatic rings. The monoisotopic (exact) mass is 316 g/mol. The Morgan fingerprint density at radius 2 is 1.81 bits per heavy atom. The molecule has 0 saturated heterocycles. The van der Waals surface area contributed by atoms with Gasteiger partial charge in [0.05, 0.1) is 25.5 Å². The lowest BCUT2D eigenvalue weighted by molar-refractivity contribution is 0.0956. The van der Waals surface area contributed by atoms with Gasteiger partial charge in [0.2, 0.25) is 0 Å². The lowest BCUT2D eigenvalue weighted by Gasteiger charge is -2.12. The van der Waals surface area contributed by atoms with Crippen LogP contribution in [0.25, 0.3) is 0 Å². The molecule has 0 heterocycles. The summed E-state index contributed by atoms with van der Waals surface area (Å²) < 4.78 is 32.9. The van der Waals surface area contributed by atoms with Crippen molar-refractivity contribution in [2.75, 3.05) is 38.0 Å². The maximum atomic E-state index is 12.0. The Morgan fingerprint density at radius 1 is 1.24 bits per heavy atom. The molecule has 0 unspecified atom stereocenters. The van der Waals surface area contributed by atoms with Crippen molar-refractivity contribution in [1.82, 2.24) is 5.32 Å². The summed E-state index contributed by atoms with van der Waals surface area (Å²) in [6, 6.07) is 2.94. The summed E-state index contributed by atoms with van der Waals surface area (Å²) in [6.45, 7) is 1.59. The number of ether oxygens (including phenoxy) is 2. The van der Waals surface area contributed by atoms with Gasteiger partial charge in [0.1, 0.15) is 0 Å². The van der Waals surface area contributed by atoms with Crippen molar-refractivity contribution in [3.63, 3.8) is 0 Å². The molecular formula is C13H20N2O5S. The van der Waals surface area contributed by atoms with Gasteiger partial charge in [0.15, 0.2) is 21.3 Å². The minimum absolute atomic E-state index is 0.0305. The highest BCUT2D eigenvalue weighted by molar-refractivity contribution is 7.91. The van der Waals surface area contributed by atoms with E-state index in [-0.39, 0.29) is 29.3 Å². The minimum Gasteiger partial charge on any atom is -0.493 e. The van der Waals surface area contributed by atoms with E-state index in [4.69, 9.17) is 15.2 Å². The summed E-state index contributed by atoms with van der Waals surface area (Å²) in [5.74, 6) is 0.266. The van der Waals surface area contributed by atoms with E-state index < -0.39 is 15.7 Å². The summed E-state index contributed by atoms with van der Waals surface area (Å²) in [5.41, 5.74) is 6.23. The summed E-state index contributed by atoms with van der Waals surface area (Å²) >= 11 is 0. The Balaban J connectivity index is 2.83. The number of sulfone groups is 1. The number of carbonyl (C=O) groups excluding carboxylic acids is 1. The number of anilines is 1. The van der Waals surface area contributed by atoms with Crippen molar-refractivity contribution in [2.24, 2.45) is 0 Å². The number of nitrogens with one attached hydrogen (secondary N) is 1. The number of hydrogen-bond acceptors (Lipinski definition) is 6. The van der Waals surface area contributed by atoms with Crippen molar-refractivity contribution < 1.29 is 22.7 Å². The van der Waals surface area contributed by atoms with Crippen LogP contribution >= 0.6 is 0 Å². The molecular weight excluding hydrogens is 296 g/mol. The Morgan fingerprint density at radius 3 is 2.33 bits per heavy atom. The van der Waals surface area contributed by atoms with Gasteiger partial charge in [-0.15, -0.1) is 0 Å². The molecule has 0 fully saturated rings. The molecule has 1 amide bonds. The molecule has 0 saturated carbocycles. The molecule has 118 valence electrons. The van der Waals surface area contributed by atoms with E-state index in [2.05, 4.69) is 5.32 Å². The number of methoxy groups -OCH3 is 2. The molecule has 21 heavy (non-hydrogen) atoms. The van der Waals surface area contributed by atoms with Gasteiger partial charge in [-0.1, -0.05) is 6.92 Å². The second-order valence-corrected chi connectivity index (χ2v) is 6.76. The van der Waals surface area contributed by atoms with Gasteiger partial charge in [-0.2, -0.15) is 0 Å². The molecule has 0 spiro atoms. The molecule has 0 aliphatic rings. The number of benzene rings is 1. The molecule has 1 rings (SSSR count). The Labute approximate surface area is 124 Å². The lowest BCUT2D eigenvalue weighted by atomic mass is 10.1. The van der Waals surface area contributed by atoms with Crippen molar-refractivity contribution in [2.45, 2.75) is 6.92 Å². The van der Waals surface area contributed by atoms with Gasteiger partial charge in [-0.05, 0) is 6.07 Å². The van der Waals surface area contributed by atoms with Crippen molar-refractivity contribution in [1.29, 1.82) is 0 Å². The van der Waals surface area contributed by atoms with Crippen LogP contribution in [-0.2, 0) is 9.84 Å². The second-order valence-electron chi connectivity index (χ2n) is 4.29. The quantitative estimate of drug-likeness (QED) is 0.707. The zero-order valence-electron chi connectivity index (χ0n) is 12.3. The predicted molar refractivity (Wildman–Crippen MR) is 80.6 cm³/mol. The first-order valence-electron chi connectivity index (χ1n) is 6.34. The maximum Gasteiger partial charge on any atom is 0.253 e. The molecule has 0 bridgehead atoms. The molecule has 8 heteroatoms. The minimum atomic E-state index is -3.12. The topological polar surface area (TPSA) is 108 Å². The first-order valence-corrected chi connectivity index (χ1v) is 8.16. The first kappa shape index (κ1) is 17.1. The second kappa shape index (κ2) is 7.16. The molecule has 0 atom stereocenters. The molecule has 1 aromatic carbocycles. The zero-order valence-corrected chi connectivity index (χ0v) is 13.1. The lowest BCUT2D eigenvalue weighted by Crippen LogP contribution is -2.30. The van der Waals surface area contributed by atoms with E-state index in [0.29, 0.717) is 11.5 Å². The third-order valence-electron chi connectivity index (χ3n) is 2.94. The third kappa shape index (κ3) is 4.52. The Hall–Kier alpha value is -1.96. The standard InChI is InChI=1S/C13H20N2O5S/c1-4-21(17,18)6-5-15-13(16)9-7-11(19-2)12(20-3)8-10(9)14/h7-8H,4-6,14H2,1-3H3,(H,15,16). The highest BCUT2D eigenvalue weighted by Gasteiger charge is 2.16. The number of amides is 1. The highest BCUT2D eigenvalue weighted by Crippen LogP contribution is 2.31. The van der Waals surface area contributed by atoms with Crippen LogP contribution in [0.1, 0.15) is 17.3 Å². The molecule has 0 aliphatic heterocycles. The fourth-order valence-electron chi connectivity index (χ4n) is 1.65. The van der Waals surface area contributed by atoms with E-state index in [0.717, 1.165) is 0 Å². The fraction of sp³-hybridized carbons (Fsp3) is 0.462. The molecule has 0 radical (unpaired) electrons. The van der Waals surface area contributed by atoms with Crippen LogP contribution in [0.4, 0.5) is 5.69 Å². The largest absolute Gasteiger partial charge is 0.493 e. The van der Waals surface area contributed by atoms with E-state index in [1.165, 1.54) is 26.4 Å². The van der Waals surface area contributed by atoms with Crippen molar-refractivity contribution >= 4 is 21.4 Å². The van der Waals surface area contributed by atoms with Gasteiger partial charge in [-0.25, -0.2) is 8.42 Å². The highest BCUT2D eigenvalue weighted by atomic mass is 32.2. The normalized spacial score (nSPS) is 11.0. The van der Waals surface area contributed by atoms with E-state index in [1.54, 1.807) is 6.92 Å². The molecule has 7 nitrogen and oxygen atoms in total. The number of hydrogen-bond donors (Lipinski definition) is 2. The SMILES string of the molecule is CCS(=O)(=O)CCNC(=O)c1cc(OC)c(OC)cc1N. The Kier molecular flexibility index (Phi) is 5.83. The summed E-state index contributed by atoms with van der Waals surface area (Å²) in [6.07, 6.45) is 0. The van der Waals surface area contributed by atoms with Crippen LogP contribution in [-0.4, -0.2) is 46.6 Å². The van der Waals surface area contributed by atoms with Crippen LogP contribution in [0.3, 0.4) is 0 Å². The summed E-state index contributed by atoms with van der Waals surface area (Å²) in [4.78, 5) is 12.0. The van der Waals surface area contributed by atoms with E-state index in [1.807, 2.05) is 0 Å². The zero-order chi connectivity index (χ0) is 16.0. The number of nitrogen functional groups attached to an aromatic ring is 1. The summed E-state index contributed by atoms with van der Waals surface area (Å²) in [5, 5.41) is 2.52. The van der Waals surface area contributed by atoms with Crippen LogP contribution in [0.2, 0.25) is 0 Å². The first-order chi connectivity index (χ1) is 9.84. The third-order valence-corrected chi connectivity index (χ3v) is 4.64. The van der Waals surface area contributed by atoms with E-state index >= 15 is 0 Å².